The van der Waals surface area contributed by atoms with Gasteiger partial charge in [-0.15, -0.1) is 0 Å². The van der Waals surface area contributed by atoms with Crippen molar-refractivity contribution >= 4 is 11.6 Å². The number of fused-ring (bicyclic) bond motifs is 1. The number of carbonyl (C=O) groups is 1. The summed E-state index contributed by atoms with van der Waals surface area (Å²) in [5, 5.41) is 5.86. The molecule has 0 saturated carbocycles. The number of hydrogen-bond acceptors (Lipinski definition) is 4. The van der Waals surface area contributed by atoms with Gasteiger partial charge in [-0.3, -0.25) is 4.79 Å². The number of rotatable bonds is 4. The summed E-state index contributed by atoms with van der Waals surface area (Å²) in [6, 6.07) is 5.46. The average Bonchev–Trinajstić information content (AvgIpc) is 2.80. The van der Waals surface area contributed by atoms with Crippen molar-refractivity contribution in [3.8, 4) is 5.75 Å². The topological polar surface area (TPSA) is 59.6 Å². The largest absolute Gasteiger partial charge is 0.491 e. The van der Waals surface area contributed by atoms with Gasteiger partial charge in [0.05, 0.1) is 6.10 Å². The summed E-state index contributed by atoms with van der Waals surface area (Å²) in [5.41, 5.74) is 1.80. The lowest BCUT2D eigenvalue weighted by Crippen LogP contribution is -2.25. The zero-order valence-electron chi connectivity index (χ0n) is 11.6. The lowest BCUT2D eigenvalue weighted by atomic mass is 10.1. The minimum absolute atomic E-state index is 0.0183. The van der Waals surface area contributed by atoms with Crippen LogP contribution >= 0.6 is 0 Å². The predicted molar refractivity (Wildman–Crippen MR) is 76.0 cm³/mol. The molecule has 5 heteroatoms. The lowest BCUT2D eigenvalue weighted by Gasteiger charge is -2.22. The summed E-state index contributed by atoms with van der Waals surface area (Å²) >= 11 is 0. The molecule has 3 rings (SSSR count). The maximum Gasteiger partial charge on any atom is 0.246 e. The molecule has 0 aliphatic carbocycles. The first-order valence-corrected chi connectivity index (χ1v) is 7.14. The molecule has 2 atom stereocenters. The van der Waals surface area contributed by atoms with Crippen LogP contribution in [0.2, 0.25) is 0 Å². The van der Waals surface area contributed by atoms with Gasteiger partial charge in [0.1, 0.15) is 18.4 Å². The van der Waals surface area contributed by atoms with E-state index >= 15 is 0 Å². The molecular formula is C15H20N2O3. The Bertz CT molecular complexity index is 498. The lowest BCUT2D eigenvalue weighted by molar-refractivity contribution is -0.117. The molecule has 2 N–H and O–H groups in total. The fourth-order valence-electron chi connectivity index (χ4n) is 2.75. The van der Waals surface area contributed by atoms with Gasteiger partial charge in [0.25, 0.3) is 0 Å². The molecule has 1 amide bonds. The van der Waals surface area contributed by atoms with Crippen LogP contribution in [-0.4, -0.2) is 32.3 Å². The molecule has 0 aromatic heterocycles. The number of ether oxygens (including phenoxy) is 2. The first-order valence-electron chi connectivity index (χ1n) is 7.14. The quantitative estimate of drug-likeness (QED) is 0.881. The summed E-state index contributed by atoms with van der Waals surface area (Å²) in [5.74, 6) is 0.755. The third kappa shape index (κ3) is 2.64. The highest BCUT2D eigenvalue weighted by molar-refractivity contribution is 6.02. The SMILES string of the molecule is CNC1C(=O)Nc2cc(OCC3CCCCO3)ccc21. The molecule has 0 spiro atoms. The molecule has 2 heterocycles. The van der Waals surface area contributed by atoms with Crippen LogP contribution in [0.4, 0.5) is 5.69 Å². The van der Waals surface area contributed by atoms with Crippen molar-refractivity contribution in [2.45, 2.75) is 31.4 Å². The number of anilines is 1. The van der Waals surface area contributed by atoms with Crippen LogP contribution in [0.5, 0.6) is 5.75 Å². The number of amides is 1. The summed E-state index contributed by atoms with van der Waals surface area (Å²) in [4.78, 5) is 11.7. The maximum absolute atomic E-state index is 11.7. The van der Waals surface area contributed by atoms with E-state index in [1.54, 1.807) is 7.05 Å². The first-order chi connectivity index (χ1) is 9.78. The van der Waals surface area contributed by atoms with Crippen LogP contribution in [0.25, 0.3) is 0 Å². The van der Waals surface area contributed by atoms with Gasteiger partial charge in [0, 0.05) is 23.9 Å². The Labute approximate surface area is 118 Å². The Hall–Kier alpha value is -1.59. The summed E-state index contributed by atoms with van der Waals surface area (Å²) < 4.78 is 11.4. The van der Waals surface area contributed by atoms with Crippen molar-refractivity contribution in [3.05, 3.63) is 23.8 Å². The predicted octanol–water partition coefficient (Wildman–Crippen LogP) is 1.85. The Balaban J connectivity index is 1.64. The van der Waals surface area contributed by atoms with Gasteiger partial charge >= 0.3 is 0 Å². The second-order valence-electron chi connectivity index (χ2n) is 5.26. The molecule has 1 aromatic carbocycles. The van der Waals surface area contributed by atoms with Gasteiger partial charge in [-0.25, -0.2) is 0 Å². The summed E-state index contributed by atoms with van der Waals surface area (Å²) in [6.07, 6.45) is 3.60. The highest BCUT2D eigenvalue weighted by Gasteiger charge is 2.29. The number of hydrogen-bond donors (Lipinski definition) is 2. The van der Waals surface area contributed by atoms with E-state index in [1.165, 1.54) is 6.42 Å². The van der Waals surface area contributed by atoms with Gasteiger partial charge in [0.2, 0.25) is 5.91 Å². The van der Waals surface area contributed by atoms with Gasteiger partial charge in [0.15, 0.2) is 0 Å². The van der Waals surface area contributed by atoms with Crippen LogP contribution in [0.1, 0.15) is 30.9 Å². The Kier molecular flexibility index (Phi) is 3.89. The third-order valence-corrected chi connectivity index (χ3v) is 3.85. The normalized spacial score (nSPS) is 25.1. The third-order valence-electron chi connectivity index (χ3n) is 3.85. The van der Waals surface area contributed by atoms with Crippen LogP contribution in [0.3, 0.4) is 0 Å². The van der Waals surface area contributed by atoms with Gasteiger partial charge < -0.3 is 20.1 Å². The number of benzene rings is 1. The van der Waals surface area contributed by atoms with E-state index in [1.807, 2.05) is 18.2 Å². The van der Waals surface area contributed by atoms with E-state index in [-0.39, 0.29) is 18.1 Å². The molecule has 2 unspecified atom stereocenters. The van der Waals surface area contributed by atoms with Crippen molar-refractivity contribution in [1.29, 1.82) is 0 Å². The molecule has 1 fully saturated rings. The van der Waals surface area contributed by atoms with Crippen LogP contribution in [0, 0.1) is 0 Å². The van der Waals surface area contributed by atoms with E-state index in [0.29, 0.717) is 6.61 Å². The molecule has 20 heavy (non-hydrogen) atoms. The van der Waals surface area contributed by atoms with E-state index in [9.17, 15) is 4.79 Å². The Morgan fingerprint density at radius 1 is 1.45 bits per heavy atom. The van der Waals surface area contributed by atoms with Crippen molar-refractivity contribution in [2.24, 2.45) is 0 Å². The van der Waals surface area contributed by atoms with Crippen LogP contribution in [-0.2, 0) is 9.53 Å². The van der Waals surface area contributed by atoms with E-state index < -0.39 is 0 Å². The second-order valence-corrected chi connectivity index (χ2v) is 5.26. The van der Waals surface area contributed by atoms with Crippen molar-refractivity contribution in [3.63, 3.8) is 0 Å². The minimum atomic E-state index is -0.263. The van der Waals surface area contributed by atoms with Crippen LogP contribution < -0.4 is 15.4 Å². The summed E-state index contributed by atoms with van der Waals surface area (Å²) in [6.45, 7) is 1.40. The fraction of sp³-hybridized carbons (Fsp3) is 0.533. The highest BCUT2D eigenvalue weighted by Crippen LogP contribution is 2.33. The molecular weight excluding hydrogens is 256 g/mol. The van der Waals surface area contributed by atoms with E-state index in [0.717, 1.165) is 36.4 Å². The molecule has 1 aromatic rings. The highest BCUT2D eigenvalue weighted by atomic mass is 16.5. The molecule has 5 nitrogen and oxygen atoms in total. The first kappa shape index (κ1) is 13.4. The smallest absolute Gasteiger partial charge is 0.246 e. The Morgan fingerprint density at radius 3 is 3.10 bits per heavy atom. The number of carbonyl (C=O) groups excluding carboxylic acids is 1. The zero-order chi connectivity index (χ0) is 13.9. The monoisotopic (exact) mass is 276 g/mol. The molecule has 108 valence electrons. The van der Waals surface area contributed by atoms with E-state index in [2.05, 4.69) is 10.6 Å². The molecule has 0 bridgehead atoms. The Morgan fingerprint density at radius 2 is 2.35 bits per heavy atom. The van der Waals surface area contributed by atoms with Crippen molar-refractivity contribution in [1.82, 2.24) is 5.32 Å². The molecule has 1 saturated heterocycles. The summed E-state index contributed by atoms with van der Waals surface area (Å²) in [7, 11) is 1.78. The van der Waals surface area contributed by atoms with Crippen LogP contribution in [0.15, 0.2) is 18.2 Å². The molecule has 2 aliphatic heterocycles. The van der Waals surface area contributed by atoms with Gasteiger partial charge in [-0.2, -0.15) is 0 Å². The number of likely N-dealkylation sites (N-methyl/N-ethyl adjacent to an activating group) is 1. The molecule has 2 aliphatic rings. The molecule has 0 radical (unpaired) electrons. The average molecular weight is 276 g/mol. The van der Waals surface area contributed by atoms with E-state index in [4.69, 9.17) is 9.47 Å². The minimum Gasteiger partial charge on any atom is -0.491 e. The van der Waals surface area contributed by atoms with Gasteiger partial charge in [-0.05, 0) is 32.4 Å². The second kappa shape index (κ2) is 5.81. The maximum atomic E-state index is 11.7. The van der Waals surface area contributed by atoms with Crippen molar-refractivity contribution in [2.75, 3.05) is 25.6 Å². The van der Waals surface area contributed by atoms with Gasteiger partial charge in [-0.1, -0.05) is 6.07 Å². The standard InChI is InChI=1S/C15H20N2O3/c1-16-14-12-6-5-10(8-13(12)17-15(14)18)20-9-11-4-2-3-7-19-11/h5-6,8,11,14,16H,2-4,7,9H2,1H3,(H,17,18). The number of nitrogens with one attached hydrogen (secondary N) is 2. The fourth-order valence-corrected chi connectivity index (χ4v) is 2.75. The van der Waals surface area contributed by atoms with Crippen molar-refractivity contribution < 1.29 is 14.3 Å². The zero-order valence-corrected chi connectivity index (χ0v) is 11.6.